The zero-order chi connectivity index (χ0) is 16.3. The molecule has 0 aliphatic heterocycles. The Morgan fingerprint density at radius 3 is 2.73 bits per heavy atom. The van der Waals surface area contributed by atoms with E-state index >= 15 is 0 Å². The van der Waals surface area contributed by atoms with E-state index in [4.69, 9.17) is 9.84 Å². The van der Waals surface area contributed by atoms with E-state index in [1.807, 2.05) is 27.0 Å². The predicted molar refractivity (Wildman–Crippen MR) is 82.0 cm³/mol. The van der Waals surface area contributed by atoms with Crippen LogP contribution in [0.1, 0.15) is 26.7 Å². The summed E-state index contributed by atoms with van der Waals surface area (Å²) in [6.07, 6.45) is -0.259. The molecule has 2 rings (SSSR count). The topological polar surface area (TPSA) is 93.5 Å². The molecule has 7 heteroatoms. The van der Waals surface area contributed by atoms with Gasteiger partial charge in [-0.15, -0.1) is 5.10 Å². The van der Waals surface area contributed by atoms with E-state index in [-0.39, 0.29) is 24.9 Å². The van der Waals surface area contributed by atoms with Crippen molar-refractivity contribution >= 4 is 28.5 Å². The largest absolute Gasteiger partial charge is 0.481 e. The molecule has 1 aromatic carbocycles. The first-order chi connectivity index (χ1) is 10.4. The molecule has 1 aromatic heterocycles. The normalized spacial score (nSPS) is 10.9. The standard InChI is InChI=1S/C15H19N3O4/c1-9(2)22-15-11-8-10(4-5-12(11)18(3)17-15)16-13(19)6-7-14(20)21/h4-5,8-9H,6-7H2,1-3H3,(H,16,19)(H,20,21). The molecular weight excluding hydrogens is 286 g/mol. The second-order valence-electron chi connectivity index (χ2n) is 5.27. The molecule has 22 heavy (non-hydrogen) atoms. The van der Waals surface area contributed by atoms with Crippen LogP contribution < -0.4 is 10.1 Å². The molecule has 0 fully saturated rings. The zero-order valence-corrected chi connectivity index (χ0v) is 12.8. The molecule has 2 N–H and O–H groups in total. The number of aromatic nitrogens is 2. The summed E-state index contributed by atoms with van der Waals surface area (Å²) >= 11 is 0. The lowest BCUT2D eigenvalue weighted by Crippen LogP contribution is -2.13. The van der Waals surface area contributed by atoms with Gasteiger partial charge in [-0.1, -0.05) is 0 Å². The monoisotopic (exact) mass is 305 g/mol. The van der Waals surface area contributed by atoms with Gasteiger partial charge in [0.15, 0.2) is 0 Å². The van der Waals surface area contributed by atoms with E-state index in [0.717, 1.165) is 10.9 Å². The van der Waals surface area contributed by atoms with Crippen LogP contribution in [-0.2, 0) is 16.6 Å². The van der Waals surface area contributed by atoms with Crippen LogP contribution in [0, 0.1) is 0 Å². The molecule has 0 saturated heterocycles. The van der Waals surface area contributed by atoms with Crippen molar-refractivity contribution in [3.63, 3.8) is 0 Å². The molecule has 0 aliphatic carbocycles. The minimum absolute atomic E-state index is 0.00749. The molecular formula is C15H19N3O4. The van der Waals surface area contributed by atoms with E-state index in [1.54, 1.807) is 16.8 Å². The Kier molecular flexibility index (Phi) is 4.65. The van der Waals surface area contributed by atoms with Gasteiger partial charge < -0.3 is 15.2 Å². The number of aliphatic carboxylic acids is 1. The number of hydrogen-bond donors (Lipinski definition) is 2. The molecule has 0 unspecified atom stereocenters. The summed E-state index contributed by atoms with van der Waals surface area (Å²) in [6, 6.07) is 5.36. The third-order valence-electron chi connectivity index (χ3n) is 3.01. The Balaban J connectivity index is 2.21. The minimum atomic E-state index is -0.995. The summed E-state index contributed by atoms with van der Waals surface area (Å²) in [5.41, 5.74) is 1.48. The number of aryl methyl sites for hydroxylation is 1. The second kappa shape index (κ2) is 6.46. The van der Waals surface area contributed by atoms with Gasteiger partial charge >= 0.3 is 5.97 Å². The van der Waals surface area contributed by atoms with Gasteiger partial charge in [-0.2, -0.15) is 0 Å². The number of anilines is 1. The molecule has 0 aliphatic rings. The van der Waals surface area contributed by atoms with E-state index in [1.165, 1.54) is 0 Å². The molecule has 1 amide bonds. The first-order valence-electron chi connectivity index (χ1n) is 7.02. The van der Waals surface area contributed by atoms with Crippen LogP contribution in [0.3, 0.4) is 0 Å². The Morgan fingerprint density at radius 1 is 1.36 bits per heavy atom. The van der Waals surface area contributed by atoms with Crippen molar-refractivity contribution in [3.05, 3.63) is 18.2 Å². The van der Waals surface area contributed by atoms with Crippen molar-refractivity contribution < 1.29 is 19.4 Å². The van der Waals surface area contributed by atoms with Gasteiger partial charge in [-0.25, -0.2) is 0 Å². The smallest absolute Gasteiger partial charge is 0.303 e. The highest BCUT2D eigenvalue weighted by Crippen LogP contribution is 2.28. The number of carbonyl (C=O) groups is 2. The number of benzene rings is 1. The molecule has 0 radical (unpaired) electrons. The molecule has 0 spiro atoms. The number of ether oxygens (including phenoxy) is 1. The average Bonchev–Trinajstić information content (AvgIpc) is 2.72. The Morgan fingerprint density at radius 2 is 2.09 bits per heavy atom. The van der Waals surface area contributed by atoms with Crippen LogP contribution in [-0.4, -0.2) is 32.9 Å². The number of rotatable bonds is 6. The van der Waals surface area contributed by atoms with Gasteiger partial charge in [0.25, 0.3) is 0 Å². The molecule has 7 nitrogen and oxygen atoms in total. The fourth-order valence-corrected chi connectivity index (χ4v) is 2.07. The highest BCUT2D eigenvalue weighted by molar-refractivity contribution is 5.96. The van der Waals surface area contributed by atoms with Crippen molar-refractivity contribution in [1.82, 2.24) is 9.78 Å². The number of fused-ring (bicyclic) bond motifs is 1. The first kappa shape index (κ1) is 15.8. The minimum Gasteiger partial charge on any atom is -0.481 e. The van der Waals surface area contributed by atoms with Gasteiger partial charge in [0.1, 0.15) is 0 Å². The third-order valence-corrected chi connectivity index (χ3v) is 3.01. The van der Waals surface area contributed by atoms with E-state index in [2.05, 4.69) is 10.4 Å². The Bertz CT molecular complexity index is 706. The lowest BCUT2D eigenvalue weighted by Gasteiger charge is -2.07. The Hall–Kier alpha value is -2.57. The fraction of sp³-hybridized carbons (Fsp3) is 0.400. The Labute approximate surface area is 127 Å². The van der Waals surface area contributed by atoms with Crippen LogP contribution in [0.15, 0.2) is 18.2 Å². The summed E-state index contributed by atoms with van der Waals surface area (Å²) in [6.45, 7) is 3.83. The molecule has 118 valence electrons. The van der Waals surface area contributed by atoms with E-state index < -0.39 is 5.97 Å². The zero-order valence-electron chi connectivity index (χ0n) is 12.8. The number of carbonyl (C=O) groups excluding carboxylic acids is 1. The summed E-state index contributed by atoms with van der Waals surface area (Å²) in [5, 5.41) is 16.4. The van der Waals surface area contributed by atoms with Crippen LogP contribution in [0.2, 0.25) is 0 Å². The predicted octanol–water partition coefficient (Wildman–Crippen LogP) is 2.16. The van der Waals surface area contributed by atoms with Gasteiger partial charge in [0.05, 0.1) is 23.4 Å². The maximum Gasteiger partial charge on any atom is 0.303 e. The fourth-order valence-electron chi connectivity index (χ4n) is 2.07. The molecule has 0 bridgehead atoms. The number of nitrogens with one attached hydrogen (secondary N) is 1. The van der Waals surface area contributed by atoms with Gasteiger partial charge in [-0.3, -0.25) is 14.3 Å². The average molecular weight is 305 g/mol. The van der Waals surface area contributed by atoms with Crippen LogP contribution >= 0.6 is 0 Å². The summed E-state index contributed by atoms with van der Waals surface area (Å²) in [7, 11) is 1.82. The van der Waals surface area contributed by atoms with Crippen molar-refractivity contribution in [3.8, 4) is 5.88 Å². The molecule has 0 atom stereocenters. The first-order valence-corrected chi connectivity index (χ1v) is 7.02. The number of carboxylic acids is 1. The van der Waals surface area contributed by atoms with E-state index in [0.29, 0.717) is 11.6 Å². The third kappa shape index (κ3) is 3.75. The molecule has 2 aromatic rings. The van der Waals surface area contributed by atoms with Crippen LogP contribution in [0.5, 0.6) is 5.88 Å². The lowest BCUT2D eigenvalue weighted by molar-refractivity contribution is -0.138. The van der Waals surface area contributed by atoms with Gasteiger partial charge in [0.2, 0.25) is 11.8 Å². The highest BCUT2D eigenvalue weighted by atomic mass is 16.5. The number of carboxylic acid groups (broad SMARTS) is 1. The van der Waals surface area contributed by atoms with Crippen molar-refractivity contribution in [2.75, 3.05) is 5.32 Å². The van der Waals surface area contributed by atoms with Crippen molar-refractivity contribution in [2.24, 2.45) is 7.05 Å². The van der Waals surface area contributed by atoms with Crippen molar-refractivity contribution in [1.29, 1.82) is 0 Å². The molecule has 1 heterocycles. The summed E-state index contributed by atoms with van der Waals surface area (Å²) in [5.74, 6) is -0.823. The highest BCUT2D eigenvalue weighted by Gasteiger charge is 2.13. The lowest BCUT2D eigenvalue weighted by atomic mass is 10.2. The maximum absolute atomic E-state index is 11.7. The van der Waals surface area contributed by atoms with Crippen LogP contribution in [0.4, 0.5) is 5.69 Å². The van der Waals surface area contributed by atoms with Crippen LogP contribution in [0.25, 0.3) is 10.9 Å². The molecule has 0 saturated carbocycles. The number of amides is 1. The summed E-state index contributed by atoms with van der Waals surface area (Å²) in [4.78, 5) is 22.2. The quantitative estimate of drug-likeness (QED) is 0.853. The van der Waals surface area contributed by atoms with Crippen molar-refractivity contribution in [2.45, 2.75) is 32.8 Å². The van der Waals surface area contributed by atoms with Gasteiger partial charge in [0, 0.05) is 19.2 Å². The SMILES string of the molecule is CC(C)Oc1nn(C)c2ccc(NC(=O)CCC(=O)O)cc12. The van der Waals surface area contributed by atoms with E-state index in [9.17, 15) is 9.59 Å². The maximum atomic E-state index is 11.7. The second-order valence-corrected chi connectivity index (χ2v) is 5.27. The number of nitrogens with zero attached hydrogens (tertiary/aromatic N) is 2. The number of hydrogen-bond acceptors (Lipinski definition) is 4. The van der Waals surface area contributed by atoms with Gasteiger partial charge in [-0.05, 0) is 32.0 Å². The summed E-state index contributed by atoms with van der Waals surface area (Å²) < 4.78 is 7.38.